The van der Waals surface area contributed by atoms with E-state index in [0.717, 1.165) is 0 Å². The third-order valence-corrected chi connectivity index (χ3v) is 2.34. The molecule has 2 rings (SSSR count). The summed E-state index contributed by atoms with van der Waals surface area (Å²) in [6.45, 7) is 0. The van der Waals surface area contributed by atoms with Gasteiger partial charge in [-0.25, -0.2) is 5.43 Å². The highest BCUT2D eigenvalue weighted by atomic mass is 35.5. The van der Waals surface area contributed by atoms with E-state index in [9.17, 15) is 14.9 Å². The second kappa shape index (κ2) is 5.93. The summed E-state index contributed by atoms with van der Waals surface area (Å²) in [5.41, 5.74) is 2.43. The van der Waals surface area contributed by atoms with E-state index in [0.29, 0.717) is 5.69 Å². The first-order valence-corrected chi connectivity index (χ1v) is 5.50. The Labute approximate surface area is 116 Å². The van der Waals surface area contributed by atoms with Gasteiger partial charge in [0.05, 0.1) is 22.4 Å². The van der Waals surface area contributed by atoms with Crippen LogP contribution in [0, 0.1) is 10.1 Å². The van der Waals surface area contributed by atoms with Crippen LogP contribution < -0.4 is 5.43 Å². The summed E-state index contributed by atoms with van der Waals surface area (Å²) in [7, 11) is 0. The summed E-state index contributed by atoms with van der Waals surface area (Å²) in [5.74, 6) is -0.537. The normalized spacial score (nSPS) is 18.6. The van der Waals surface area contributed by atoms with E-state index in [1.807, 2.05) is 0 Å². The van der Waals surface area contributed by atoms with Crippen LogP contribution in [0.3, 0.4) is 0 Å². The molecule has 1 aromatic rings. The van der Waals surface area contributed by atoms with Crippen molar-refractivity contribution in [1.82, 2.24) is 5.43 Å². The number of amidine groups is 1. The number of azo groups is 1. The zero-order valence-corrected chi connectivity index (χ0v) is 10.4. The van der Waals surface area contributed by atoms with Crippen LogP contribution in [0.1, 0.15) is 0 Å². The summed E-state index contributed by atoms with van der Waals surface area (Å²) in [5, 5.41) is 25.0. The highest BCUT2D eigenvalue weighted by Gasteiger charge is 2.30. The molecule has 1 amide bonds. The molecular formula is C9H6ClN7O3. The van der Waals surface area contributed by atoms with Crippen LogP contribution in [0.4, 0.5) is 11.4 Å². The molecule has 11 heteroatoms. The van der Waals surface area contributed by atoms with Crippen LogP contribution in [-0.2, 0) is 4.79 Å². The number of hydrazone groups is 1. The third kappa shape index (κ3) is 2.98. The molecule has 1 aliphatic heterocycles. The van der Waals surface area contributed by atoms with Crippen LogP contribution in [0.2, 0.25) is 0 Å². The number of halogens is 1. The maximum Gasteiger partial charge on any atom is 0.274 e. The maximum atomic E-state index is 11.4. The first-order valence-electron chi connectivity index (χ1n) is 5.16. The van der Waals surface area contributed by atoms with Gasteiger partial charge in [-0.2, -0.15) is 15.3 Å². The van der Waals surface area contributed by atoms with Gasteiger partial charge in [-0.15, -0.1) is 5.11 Å². The number of non-ortho nitro benzene ring substituents is 1. The van der Waals surface area contributed by atoms with Gasteiger partial charge in [-0.05, 0) is 12.1 Å². The molecule has 10 nitrogen and oxygen atoms in total. The molecule has 0 saturated carbocycles. The molecule has 1 N–H and O–H groups in total. The minimum Gasteiger partial charge on any atom is -0.270 e. The molecule has 0 radical (unpaired) electrons. The third-order valence-electron chi connectivity index (χ3n) is 2.26. The highest BCUT2D eigenvalue weighted by molar-refractivity contribution is 6.16. The van der Waals surface area contributed by atoms with Gasteiger partial charge < -0.3 is 0 Å². The Hall–Kier alpha value is -2.75. The summed E-state index contributed by atoms with van der Waals surface area (Å²) in [6.07, 6.45) is 0. The Morgan fingerprint density at radius 2 is 2.00 bits per heavy atom. The van der Waals surface area contributed by atoms with E-state index in [1.165, 1.54) is 24.3 Å². The Balaban J connectivity index is 2.14. The van der Waals surface area contributed by atoms with Gasteiger partial charge >= 0.3 is 0 Å². The van der Waals surface area contributed by atoms with E-state index in [-0.39, 0.29) is 11.5 Å². The smallest absolute Gasteiger partial charge is 0.270 e. The largest absolute Gasteiger partial charge is 0.274 e. The second-order valence-electron chi connectivity index (χ2n) is 3.51. The van der Waals surface area contributed by atoms with Gasteiger partial charge in [-0.3, -0.25) is 14.9 Å². The van der Waals surface area contributed by atoms with Gasteiger partial charge in [0.2, 0.25) is 11.9 Å². The summed E-state index contributed by atoms with van der Waals surface area (Å²) >= 11 is 5.06. The molecule has 1 aromatic carbocycles. The zero-order chi connectivity index (χ0) is 14.5. The van der Waals surface area contributed by atoms with Crippen molar-refractivity contribution < 1.29 is 9.72 Å². The molecule has 1 heterocycles. The zero-order valence-electron chi connectivity index (χ0n) is 9.67. The number of rotatable bonds is 3. The topological polar surface area (TPSA) is 134 Å². The molecule has 102 valence electrons. The highest BCUT2D eigenvalue weighted by Crippen LogP contribution is 2.19. The molecule has 0 saturated heterocycles. The Bertz CT molecular complexity index is 625. The van der Waals surface area contributed by atoms with Gasteiger partial charge in [0.15, 0.2) is 0 Å². The molecule has 0 bridgehead atoms. The van der Waals surface area contributed by atoms with Crippen molar-refractivity contribution in [2.24, 2.45) is 25.1 Å². The molecule has 0 aliphatic carbocycles. The van der Waals surface area contributed by atoms with Crippen LogP contribution in [0.25, 0.3) is 0 Å². The van der Waals surface area contributed by atoms with E-state index in [4.69, 9.17) is 11.8 Å². The van der Waals surface area contributed by atoms with Crippen molar-refractivity contribution in [3.8, 4) is 0 Å². The Morgan fingerprint density at radius 1 is 1.30 bits per heavy atom. The molecule has 0 aromatic heterocycles. The fraction of sp³-hybridized carbons (Fsp3) is 0.111. The Kier molecular flexibility index (Phi) is 4.05. The lowest BCUT2D eigenvalue weighted by atomic mass is 10.3. The second-order valence-corrected chi connectivity index (χ2v) is 3.66. The number of nitrogens with zero attached hydrogens (tertiary/aromatic N) is 6. The van der Waals surface area contributed by atoms with Gasteiger partial charge in [0.25, 0.3) is 11.6 Å². The molecule has 0 fully saturated rings. The average Bonchev–Trinajstić information content (AvgIpc) is 2.78. The molecule has 20 heavy (non-hydrogen) atoms. The monoisotopic (exact) mass is 295 g/mol. The number of benzene rings is 1. The summed E-state index contributed by atoms with van der Waals surface area (Å²) < 4.78 is 2.99. The molecular weight excluding hydrogens is 290 g/mol. The number of carbonyl (C=O) groups excluding carboxylic acids is 1. The van der Waals surface area contributed by atoms with Crippen molar-refractivity contribution in [3.05, 3.63) is 34.4 Å². The quantitative estimate of drug-likeness (QED) is 0.519. The number of hydrogen-bond acceptors (Lipinski definition) is 8. The Morgan fingerprint density at radius 3 is 2.60 bits per heavy atom. The van der Waals surface area contributed by atoms with E-state index < -0.39 is 16.9 Å². The first-order chi connectivity index (χ1) is 9.61. The molecule has 1 aliphatic rings. The predicted octanol–water partition coefficient (Wildman–Crippen LogP) is 2.10. The van der Waals surface area contributed by atoms with Crippen molar-refractivity contribution in [1.29, 1.82) is 0 Å². The lowest BCUT2D eigenvalue weighted by molar-refractivity contribution is -0.384. The standard InChI is InChI=1S/C9H6ClN7O3/c10-16-14-8-7(9(18)15-13-8)12-11-5-1-3-6(4-2-5)17(19)20/h1-4,7H,(H,15,18). The van der Waals surface area contributed by atoms with Gasteiger partial charge in [-0.1, -0.05) is 4.63 Å². The summed E-state index contributed by atoms with van der Waals surface area (Å²) in [4.78, 5) is 21.4. The number of carbonyl (C=O) groups is 1. The first kappa shape index (κ1) is 13.7. The van der Waals surface area contributed by atoms with Crippen LogP contribution >= 0.6 is 11.8 Å². The van der Waals surface area contributed by atoms with Gasteiger partial charge in [0.1, 0.15) is 0 Å². The van der Waals surface area contributed by atoms with Crippen molar-refractivity contribution in [3.63, 3.8) is 0 Å². The summed E-state index contributed by atoms with van der Waals surface area (Å²) in [6, 6.07) is 4.29. The van der Waals surface area contributed by atoms with E-state index in [2.05, 4.69) is 30.5 Å². The fourth-order valence-corrected chi connectivity index (χ4v) is 1.41. The fourth-order valence-electron chi connectivity index (χ4n) is 1.34. The number of hydrogen-bond donors (Lipinski definition) is 1. The van der Waals surface area contributed by atoms with Crippen LogP contribution in [-0.4, -0.2) is 22.7 Å². The predicted molar refractivity (Wildman–Crippen MR) is 67.7 cm³/mol. The molecule has 0 spiro atoms. The number of nitro groups is 1. The lowest BCUT2D eigenvalue weighted by Crippen LogP contribution is -2.25. The molecule has 1 atom stereocenters. The van der Waals surface area contributed by atoms with Crippen molar-refractivity contribution in [2.45, 2.75) is 6.04 Å². The minimum atomic E-state index is -1.05. The van der Waals surface area contributed by atoms with Crippen LogP contribution in [0.5, 0.6) is 0 Å². The van der Waals surface area contributed by atoms with Crippen LogP contribution in [0.15, 0.2) is 49.3 Å². The van der Waals surface area contributed by atoms with E-state index in [1.54, 1.807) is 0 Å². The SMILES string of the molecule is O=C1NN=C(N=NCl)C1N=Nc1ccc([N+](=O)[O-])cc1. The number of nitro benzene ring substituents is 1. The van der Waals surface area contributed by atoms with Gasteiger partial charge in [0, 0.05) is 12.1 Å². The number of nitrogens with one attached hydrogen (secondary N) is 1. The molecule has 1 unspecified atom stereocenters. The number of amides is 1. The van der Waals surface area contributed by atoms with E-state index >= 15 is 0 Å². The van der Waals surface area contributed by atoms with Crippen molar-refractivity contribution in [2.75, 3.05) is 0 Å². The average molecular weight is 296 g/mol. The minimum absolute atomic E-state index is 0.0179. The maximum absolute atomic E-state index is 11.4. The van der Waals surface area contributed by atoms with Crippen molar-refractivity contribution >= 4 is 34.9 Å². The lowest BCUT2D eigenvalue weighted by Gasteiger charge is -1.98.